The molecule has 1 rings (SSSR count). The second-order valence-electron chi connectivity index (χ2n) is 5.02. The van der Waals surface area contributed by atoms with Crippen molar-refractivity contribution in [3.63, 3.8) is 0 Å². The molecule has 0 aliphatic heterocycles. The van der Waals surface area contributed by atoms with Crippen molar-refractivity contribution >= 4 is 14.1 Å². The largest absolute Gasteiger partial charge is 0.501 e. The summed E-state index contributed by atoms with van der Waals surface area (Å²) < 4.78 is 5.30. The van der Waals surface area contributed by atoms with E-state index in [4.69, 9.17) is 4.74 Å². The molecule has 17 heavy (non-hydrogen) atoms. The molecule has 0 N–H and O–H groups in total. The summed E-state index contributed by atoms with van der Waals surface area (Å²) in [5.74, 6) is 0. The van der Waals surface area contributed by atoms with Gasteiger partial charge in [0.2, 0.25) is 0 Å². The van der Waals surface area contributed by atoms with Crippen molar-refractivity contribution in [1.29, 1.82) is 0 Å². The molecule has 0 amide bonds. The smallest absolute Gasteiger partial charge is 0.0845 e. The van der Waals surface area contributed by atoms with Gasteiger partial charge in [-0.1, -0.05) is 61.2 Å². The van der Waals surface area contributed by atoms with E-state index in [9.17, 15) is 0 Å². The number of hydrogen-bond acceptors (Lipinski definition) is 1. The van der Waals surface area contributed by atoms with Gasteiger partial charge < -0.3 is 4.74 Å². The molecule has 0 saturated carbocycles. The van der Waals surface area contributed by atoms with E-state index in [1.54, 1.807) is 0 Å². The van der Waals surface area contributed by atoms with Crippen LogP contribution in [0, 0.1) is 0 Å². The summed E-state index contributed by atoms with van der Waals surface area (Å²) in [5.41, 5.74) is 1.26. The minimum absolute atomic E-state index is 0.723. The molecule has 1 aromatic rings. The number of hydrogen-bond donors (Lipinski definition) is 0. The first-order valence-corrected chi connectivity index (χ1v) is 9.59. The standard InChI is InChI=1S/C15H22OSi/c1-5-16-12-11-15(17(2,3)4)13-14-9-7-6-8-10-14/h6-13H,5H2,1-4H3/b12-11+,15-13-. The number of ether oxygens (including phenoxy) is 1. The van der Waals surface area contributed by atoms with Gasteiger partial charge in [-0.05, 0) is 18.6 Å². The third-order valence-electron chi connectivity index (χ3n) is 2.50. The van der Waals surface area contributed by atoms with Gasteiger partial charge >= 0.3 is 0 Å². The number of allylic oxidation sites excluding steroid dienone is 2. The summed E-state index contributed by atoms with van der Waals surface area (Å²) in [6.07, 6.45) is 6.19. The monoisotopic (exact) mass is 246 g/mol. The maximum Gasteiger partial charge on any atom is 0.0845 e. The number of benzene rings is 1. The minimum Gasteiger partial charge on any atom is -0.501 e. The Balaban J connectivity index is 2.95. The van der Waals surface area contributed by atoms with E-state index in [0.29, 0.717) is 0 Å². The predicted octanol–water partition coefficient (Wildman–Crippen LogP) is 4.50. The predicted molar refractivity (Wildman–Crippen MR) is 78.5 cm³/mol. The van der Waals surface area contributed by atoms with Gasteiger partial charge in [0, 0.05) is 0 Å². The van der Waals surface area contributed by atoms with Crippen molar-refractivity contribution in [3.8, 4) is 0 Å². The second-order valence-corrected chi connectivity index (χ2v) is 10.1. The highest BCUT2D eigenvalue weighted by Crippen LogP contribution is 2.19. The molecule has 1 nitrogen and oxygen atoms in total. The summed E-state index contributed by atoms with van der Waals surface area (Å²) in [4.78, 5) is 0. The minimum atomic E-state index is -1.33. The molecule has 0 aliphatic rings. The maximum atomic E-state index is 5.30. The average molecular weight is 246 g/mol. The molecule has 0 saturated heterocycles. The molecule has 1 aromatic carbocycles. The van der Waals surface area contributed by atoms with Gasteiger partial charge in [-0.15, -0.1) is 0 Å². The molecule has 0 radical (unpaired) electrons. The molecule has 92 valence electrons. The average Bonchev–Trinajstić information content (AvgIpc) is 2.28. The highest BCUT2D eigenvalue weighted by molar-refractivity contribution is 6.84. The first kappa shape index (κ1) is 13.8. The SMILES string of the molecule is CCO/C=C/C(=C/c1ccccc1)[Si](C)(C)C. The zero-order valence-electron chi connectivity index (χ0n) is 11.2. The van der Waals surface area contributed by atoms with Gasteiger partial charge in [-0.2, -0.15) is 0 Å². The molecule has 0 atom stereocenters. The molecular weight excluding hydrogens is 224 g/mol. The van der Waals surface area contributed by atoms with Crippen LogP contribution in [-0.4, -0.2) is 14.7 Å². The molecule has 0 heterocycles. The Morgan fingerprint density at radius 3 is 2.35 bits per heavy atom. The second kappa shape index (κ2) is 6.45. The van der Waals surface area contributed by atoms with Crippen molar-refractivity contribution in [1.82, 2.24) is 0 Å². The van der Waals surface area contributed by atoms with Crippen LogP contribution in [0.25, 0.3) is 6.08 Å². The van der Waals surface area contributed by atoms with E-state index in [1.807, 2.05) is 19.3 Å². The third kappa shape index (κ3) is 5.05. The fourth-order valence-electron chi connectivity index (χ4n) is 1.46. The first-order chi connectivity index (χ1) is 8.04. The van der Waals surface area contributed by atoms with Crippen LogP contribution in [0.1, 0.15) is 12.5 Å². The van der Waals surface area contributed by atoms with Gasteiger partial charge in [0.25, 0.3) is 0 Å². The lowest BCUT2D eigenvalue weighted by Gasteiger charge is -2.18. The van der Waals surface area contributed by atoms with E-state index in [1.165, 1.54) is 10.8 Å². The lowest BCUT2D eigenvalue weighted by atomic mass is 10.2. The Labute approximate surface area is 106 Å². The van der Waals surface area contributed by atoms with Crippen molar-refractivity contribution in [2.24, 2.45) is 0 Å². The van der Waals surface area contributed by atoms with Crippen molar-refractivity contribution in [3.05, 3.63) is 53.4 Å². The molecule has 0 fully saturated rings. The summed E-state index contributed by atoms with van der Waals surface area (Å²) in [6, 6.07) is 10.4. The lowest BCUT2D eigenvalue weighted by Crippen LogP contribution is -2.22. The highest BCUT2D eigenvalue weighted by Gasteiger charge is 2.17. The van der Waals surface area contributed by atoms with Crippen LogP contribution in [0.2, 0.25) is 19.6 Å². The molecule has 2 heteroatoms. The molecule has 0 spiro atoms. The van der Waals surface area contributed by atoms with Gasteiger partial charge in [-0.3, -0.25) is 0 Å². The first-order valence-electron chi connectivity index (χ1n) is 6.09. The van der Waals surface area contributed by atoms with Gasteiger partial charge in [0.05, 0.1) is 20.9 Å². The van der Waals surface area contributed by atoms with Crippen LogP contribution in [0.15, 0.2) is 47.9 Å². The Bertz CT molecular complexity index is 385. The lowest BCUT2D eigenvalue weighted by molar-refractivity contribution is 0.269. The molecule has 0 unspecified atom stereocenters. The molecule has 0 bridgehead atoms. The fraction of sp³-hybridized carbons (Fsp3) is 0.333. The van der Waals surface area contributed by atoms with E-state index < -0.39 is 8.07 Å². The van der Waals surface area contributed by atoms with Crippen LogP contribution < -0.4 is 0 Å². The summed E-state index contributed by atoms with van der Waals surface area (Å²) in [6.45, 7) is 9.76. The molecule has 0 aromatic heterocycles. The van der Waals surface area contributed by atoms with Crippen molar-refractivity contribution < 1.29 is 4.74 Å². The molecular formula is C15H22OSi. The third-order valence-corrected chi connectivity index (χ3v) is 4.54. The van der Waals surface area contributed by atoms with E-state index in [0.717, 1.165) is 6.61 Å². The van der Waals surface area contributed by atoms with Crippen LogP contribution in [-0.2, 0) is 4.74 Å². The van der Waals surface area contributed by atoms with Crippen molar-refractivity contribution in [2.75, 3.05) is 6.61 Å². The maximum absolute atomic E-state index is 5.30. The van der Waals surface area contributed by atoms with Crippen LogP contribution in [0.4, 0.5) is 0 Å². The summed E-state index contributed by atoms with van der Waals surface area (Å²) in [7, 11) is -1.33. The Kier molecular flexibility index (Phi) is 5.23. The Morgan fingerprint density at radius 2 is 1.82 bits per heavy atom. The Hall–Kier alpha value is -1.28. The summed E-state index contributed by atoms with van der Waals surface area (Å²) in [5, 5.41) is 1.40. The van der Waals surface area contributed by atoms with E-state index >= 15 is 0 Å². The Morgan fingerprint density at radius 1 is 1.18 bits per heavy atom. The van der Waals surface area contributed by atoms with E-state index in [-0.39, 0.29) is 0 Å². The topological polar surface area (TPSA) is 9.23 Å². The molecule has 0 aliphatic carbocycles. The van der Waals surface area contributed by atoms with Crippen LogP contribution in [0.5, 0.6) is 0 Å². The van der Waals surface area contributed by atoms with Gasteiger partial charge in [-0.25, -0.2) is 0 Å². The fourth-order valence-corrected chi connectivity index (χ4v) is 2.63. The zero-order valence-corrected chi connectivity index (χ0v) is 12.2. The summed E-state index contributed by atoms with van der Waals surface area (Å²) >= 11 is 0. The van der Waals surface area contributed by atoms with Crippen LogP contribution >= 0.6 is 0 Å². The number of rotatable bonds is 5. The van der Waals surface area contributed by atoms with Gasteiger partial charge in [0.1, 0.15) is 0 Å². The highest BCUT2D eigenvalue weighted by atomic mass is 28.3. The van der Waals surface area contributed by atoms with E-state index in [2.05, 4.69) is 56.1 Å². The zero-order chi connectivity index (χ0) is 12.7. The van der Waals surface area contributed by atoms with Crippen LogP contribution in [0.3, 0.4) is 0 Å². The quantitative estimate of drug-likeness (QED) is 0.422. The normalized spacial score (nSPS) is 13.1. The van der Waals surface area contributed by atoms with Gasteiger partial charge in [0.15, 0.2) is 0 Å². The van der Waals surface area contributed by atoms with Crippen molar-refractivity contribution in [2.45, 2.75) is 26.6 Å².